The van der Waals surface area contributed by atoms with Crippen molar-refractivity contribution in [2.45, 2.75) is 6.92 Å². The molecular formula is C11H9CeO3S-. The Hall–Kier alpha value is -0.303. The van der Waals surface area contributed by atoms with Crippen molar-refractivity contribution in [1.29, 1.82) is 0 Å². The average molecular weight is 361 g/mol. The van der Waals surface area contributed by atoms with E-state index in [0.717, 1.165) is 0 Å². The van der Waals surface area contributed by atoms with Gasteiger partial charge in [0.25, 0.3) is 0 Å². The van der Waals surface area contributed by atoms with Crippen LogP contribution >= 0.6 is 0 Å². The van der Waals surface area contributed by atoms with Gasteiger partial charge in [0.2, 0.25) is 0 Å². The summed E-state index contributed by atoms with van der Waals surface area (Å²) in [6, 6.07) is 6.05. The molecule has 5 heteroatoms. The molecule has 1 aromatic carbocycles. The molecule has 1 aromatic rings. The normalized spacial score (nSPS) is 8.81. The monoisotopic (exact) mass is 361 g/mol. The van der Waals surface area contributed by atoms with Crippen LogP contribution in [0.5, 0.6) is 5.75 Å². The third kappa shape index (κ3) is 4.69. The Morgan fingerprint density at radius 1 is 1.25 bits per heavy atom. The molecule has 0 saturated heterocycles. The number of benzene rings is 1. The third-order valence-corrected chi connectivity index (χ3v) is 1.88. The van der Waals surface area contributed by atoms with E-state index in [2.05, 4.69) is 19.2 Å². The van der Waals surface area contributed by atoms with Gasteiger partial charge in [-0.25, -0.2) is 4.79 Å². The standard InChI is InChI=1S/C11H10O3S.Ce/c1-7(2)10(12)14-9-5-3-8(4-6-9)11(13)15;/h3-6H,1H2,2H3,(H,13,15);/p-1. The van der Waals surface area contributed by atoms with Crippen LogP contribution < -0.4 is 4.74 Å². The van der Waals surface area contributed by atoms with Gasteiger partial charge in [-0.05, 0) is 36.8 Å². The van der Waals surface area contributed by atoms with Gasteiger partial charge in [-0.15, -0.1) is 0 Å². The van der Waals surface area contributed by atoms with Crippen LogP contribution in [-0.4, -0.2) is 11.1 Å². The van der Waals surface area contributed by atoms with Gasteiger partial charge in [0, 0.05) is 52.4 Å². The van der Waals surface area contributed by atoms with Crippen molar-refractivity contribution in [3.8, 4) is 5.75 Å². The molecule has 1 rings (SSSR count). The second kappa shape index (κ2) is 7.11. The molecule has 0 aliphatic carbocycles. The number of carbonyl (C=O) groups is 2. The minimum absolute atomic E-state index is 0. The van der Waals surface area contributed by atoms with Crippen molar-refractivity contribution in [3.63, 3.8) is 0 Å². The molecule has 82 valence electrons. The first-order valence-corrected chi connectivity index (χ1v) is 4.60. The summed E-state index contributed by atoms with van der Waals surface area (Å²) >= 11 is 4.46. The summed E-state index contributed by atoms with van der Waals surface area (Å²) in [5.74, 6) is -0.129. The molecule has 16 heavy (non-hydrogen) atoms. The van der Waals surface area contributed by atoms with Crippen LogP contribution in [0.4, 0.5) is 0 Å². The molecule has 0 spiro atoms. The van der Waals surface area contributed by atoms with Gasteiger partial charge >= 0.3 is 5.97 Å². The SMILES string of the molecule is C=C(C)C(=O)Oc1ccc(C(=O)[S-])cc1.[Ce]. The van der Waals surface area contributed by atoms with E-state index in [-0.39, 0.29) is 41.7 Å². The molecule has 0 bridgehead atoms. The predicted octanol–water partition coefficient (Wildman–Crippen LogP) is 1.86. The fourth-order valence-corrected chi connectivity index (χ4v) is 0.989. The molecular weight excluding hydrogens is 352 g/mol. The summed E-state index contributed by atoms with van der Waals surface area (Å²) in [6.07, 6.45) is 0. The second-order valence-corrected chi connectivity index (χ2v) is 3.35. The average Bonchev–Trinajstić information content (AvgIpc) is 2.18. The van der Waals surface area contributed by atoms with Gasteiger partial charge in [-0.1, -0.05) is 6.58 Å². The van der Waals surface area contributed by atoms with E-state index in [1.807, 2.05) is 0 Å². The second-order valence-electron chi connectivity index (χ2n) is 2.98. The Kier molecular flexibility index (Phi) is 6.97. The van der Waals surface area contributed by atoms with Gasteiger partial charge < -0.3 is 22.2 Å². The summed E-state index contributed by atoms with van der Waals surface area (Å²) in [5.41, 5.74) is 0.721. The van der Waals surface area contributed by atoms with E-state index < -0.39 is 11.1 Å². The fourth-order valence-electron chi connectivity index (χ4n) is 0.853. The Morgan fingerprint density at radius 2 is 1.75 bits per heavy atom. The number of ether oxygens (including phenoxy) is 1. The number of rotatable bonds is 3. The van der Waals surface area contributed by atoms with Crippen LogP contribution in [0, 0.1) is 41.7 Å². The van der Waals surface area contributed by atoms with Crippen molar-refractivity contribution in [1.82, 2.24) is 0 Å². The van der Waals surface area contributed by atoms with Gasteiger partial charge in [-0.3, -0.25) is 0 Å². The van der Waals surface area contributed by atoms with Crippen molar-refractivity contribution >= 4 is 23.7 Å². The molecule has 3 nitrogen and oxygen atoms in total. The Bertz CT molecular complexity index is 412. The molecule has 0 saturated carbocycles. The van der Waals surface area contributed by atoms with Crippen molar-refractivity contribution in [2.75, 3.05) is 0 Å². The first-order valence-electron chi connectivity index (χ1n) is 4.20. The molecule has 0 aromatic heterocycles. The molecule has 0 heterocycles. The van der Waals surface area contributed by atoms with Crippen molar-refractivity contribution in [3.05, 3.63) is 42.0 Å². The van der Waals surface area contributed by atoms with Crippen molar-refractivity contribution < 1.29 is 56.1 Å². The smallest absolute Gasteiger partial charge is 0.338 e. The van der Waals surface area contributed by atoms with E-state index >= 15 is 0 Å². The minimum Gasteiger partial charge on any atom is -0.737 e. The van der Waals surface area contributed by atoms with Crippen molar-refractivity contribution in [2.24, 2.45) is 0 Å². The molecule has 0 radical (unpaired) electrons. The third-order valence-electron chi connectivity index (χ3n) is 1.65. The maximum Gasteiger partial charge on any atom is 0.338 e. The summed E-state index contributed by atoms with van der Waals surface area (Å²) in [4.78, 5) is 21.9. The first kappa shape index (κ1) is 15.7. The van der Waals surface area contributed by atoms with Crippen LogP contribution in [-0.2, 0) is 17.4 Å². The zero-order chi connectivity index (χ0) is 11.4. The molecule has 0 unspecified atom stereocenters. The van der Waals surface area contributed by atoms with Gasteiger partial charge in [0.05, 0.1) is 0 Å². The molecule has 0 amide bonds. The minimum atomic E-state index is -0.493. The van der Waals surface area contributed by atoms with Crippen LogP contribution in [0.25, 0.3) is 0 Å². The topological polar surface area (TPSA) is 43.4 Å². The number of hydrogen-bond acceptors (Lipinski definition) is 4. The Morgan fingerprint density at radius 3 is 2.12 bits per heavy atom. The number of esters is 1. The van der Waals surface area contributed by atoms with Crippen LogP contribution in [0.15, 0.2) is 36.4 Å². The van der Waals surface area contributed by atoms with Crippen LogP contribution in [0.3, 0.4) is 0 Å². The maximum absolute atomic E-state index is 11.1. The van der Waals surface area contributed by atoms with Crippen LogP contribution in [0.2, 0.25) is 0 Å². The zero-order valence-electron chi connectivity index (χ0n) is 8.65. The molecule has 0 aliphatic rings. The van der Waals surface area contributed by atoms with Gasteiger partial charge in [-0.2, -0.15) is 0 Å². The summed E-state index contributed by atoms with van der Waals surface area (Å²) in [5, 5.41) is -0.437. The summed E-state index contributed by atoms with van der Waals surface area (Å²) in [6.45, 7) is 5.01. The predicted molar refractivity (Wildman–Crippen MR) is 58.6 cm³/mol. The summed E-state index contributed by atoms with van der Waals surface area (Å²) < 4.78 is 4.93. The van der Waals surface area contributed by atoms with E-state index in [1.54, 1.807) is 6.92 Å². The maximum atomic E-state index is 11.1. The van der Waals surface area contributed by atoms with Crippen LogP contribution in [0.1, 0.15) is 17.3 Å². The summed E-state index contributed by atoms with van der Waals surface area (Å²) in [7, 11) is 0. The quantitative estimate of drug-likeness (QED) is 0.357. The van der Waals surface area contributed by atoms with E-state index in [9.17, 15) is 9.59 Å². The zero-order valence-corrected chi connectivity index (χ0v) is 12.6. The van der Waals surface area contributed by atoms with E-state index in [4.69, 9.17) is 4.74 Å². The largest absolute Gasteiger partial charge is 0.737 e. The Labute approximate surface area is 133 Å². The molecule has 0 fully saturated rings. The van der Waals surface area contributed by atoms with E-state index in [1.165, 1.54) is 24.3 Å². The number of hydrogen-bond donors (Lipinski definition) is 0. The van der Waals surface area contributed by atoms with E-state index in [0.29, 0.717) is 16.9 Å². The fraction of sp³-hybridized carbons (Fsp3) is 0.0909. The number of carbonyl (C=O) groups excluding carboxylic acids is 2. The molecule has 0 aliphatic heterocycles. The van der Waals surface area contributed by atoms with Gasteiger partial charge in [0.15, 0.2) is 0 Å². The Balaban J connectivity index is 0.00000225. The molecule has 0 atom stereocenters. The van der Waals surface area contributed by atoms with Gasteiger partial charge in [0.1, 0.15) is 5.75 Å². The first-order chi connectivity index (χ1) is 7.00. The molecule has 0 N–H and O–H groups in total.